The molecule has 0 radical (unpaired) electrons. The maximum atomic E-state index is 12.2. The number of amides is 1. The van der Waals surface area contributed by atoms with Gasteiger partial charge in [-0.25, -0.2) is 4.79 Å². The highest BCUT2D eigenvalue weighted by Gasteiger charge is 2.29. The van der Waals surface area contributed by atoms with Crippen LogP contribution in [0.5, 0.6) is 0 Å². The minimum absolute atomic E-state index is 0.208. The first-order valence-corrected chi connectivity index (χ1v) is 7.25. The number of aliphatic hydroxyl groups excluding tert-OH is 1. The van der Waals surface area contributed by atoms with Crippen molar-refractivity contribution in [3.05, 3.63) is 35.4 Å². The zero-order valence-electron chi connectivity index (χ0n) is 12.1. The maximum Gasteiger partial charge on any atom is 0.330 e. The van der Waals surface area contributed by atoms with Crippen molar-refractivity contribution in [1.82, 2.24) is 5.32 Å². The number of carbonyl (C=O) groups excluding carboxylic acids is 1. The van der Waals surface area contributed by atoms with Gasteiger partial charge in [-0.1, -0.05) is 29.8 Å². The fourth-order valence-corrected chi connectivity index (χ4v) is 2.74. The number of nitrogens with one attached hydrogen (secondary N) is 1. The van der Waals surface area contributed by atoms with Gasteiger partial charge in [0.25, 0.3) is 0 Å². The summed E-state index contributed by atoms with van der Waals surface area (Å²) in [6.45, 7) is 1.88. The molecule has 1 aliphatic rings. The maximum absolute atomic E-state index is 12.2. The van der Waals surface area contributed by atoms with E-state index in [2.05, 4.69) is 5.32 Å². The van der Waals surface area contributed by atoms with E-state index in [1.807, 2.05) is 13.0 Å². The predicted molar refractivity (Wildman–Crippen MR) is 77.7 cm³/mol. The molecule has 1 amide bonds. The number of carboxylic acid groups (broad SMARTS) is 1. The molecule has 3 N–H and O–H groups in total. The van der Waals surface area contributed by atoms with Gasteiger partial charge in [0, 0.05) is 5.92 Å². The molecule has 0 saturated heterocycles. The largest absolute Gasteiger partial charge is 0.479 e. The first kappa shape index (κ1) is 15.5. The number of carbonyl (C=O) groups is 2. The summed E-state index contributed by atoms with van der Waals surface area (Å²) in [6.07, 6.45) is 2.07. The van der Waals surface area contributed by atoms with Crippen molar-refractivity contribution in [2.75, 3.05) is 0 Å². The predicted octanol–water partition coefficient (Wildman–Crippen LogP) is 1.79. The molecule has 5 heteroatoms. The van der Waals surface area contributed by atoms with Crippen LogP contribution in [0.15, 0.2) is 24.3 Å². The molecule has 0 aliphatic heterocycles. The fraction of sp³-hybridized carbons (Fsp3) is 0.500. The normalized spacial score (nSPS) is 23.3. The second-order valence-corrected chi connectivity index (χ2v) is 5.70. The van der Waals surface area contributed by atoms with E-state index in [0.717, 1.165) is 5.56 Å². The molecule has 1 aromatic carbocycles. The quantitative estimate of drug-likeness (QED) is 0.789. The number of aliphatic hydroxyl groups is 1. The summed E-state index contributed by atoms with van der Waals surface area (Å²) in [5.41, 5.74) is 1.53. The lowest BCUT2D eigenvalue weighted by Crippen LogP contribution is -2.39. The molecule has 1 fully saturated rings. The summed E-state index contributed by atoms with van der Waals surface area (Å²) in [5.74, 6) is -1.51. The molecule has 1 aromatic rings. The minimum atomic E-state index is -1.07. The molecule has 1 unspecified atom stereocenters. The third-order valence-electron chi connectivity index (χ3n) is 3.98. The summed E-state index contributed by atoms with van der Waals surface area (Å²) in [4.78, 5) is 23.6. The van der Waals surface area contributed by atoms with Gasteiger partial charge in [-0.2, -0.15) is 0 Å². The second kappa shape index (κ2) is 6.72. The molecule has 0 heterocycles. The first-order valence-electron chi connectivity index (χ1n) is 7.25. The molecule has 1 atom stereocenters. The van der Waals surface area contributed by atoms with Gasteiger partial charge in [0.2, 0.25) is 5.91 Å². The Bertz CT molecular complexity index is 521. The van der Waals surface area contributed by atoms with Crippen LogP contribution in [0.25, 0.3) is 0 Å². The average Bonchev–Trinajstić information content (AvgIpc) is 2.45. The number of benzene rings is 1. The van der Waals surface area contributed by atoms with Gasteiger partial charge in [-0.15, -0.1) is 0 Å². The van der Waals surface area contributed by atoms with Gasteiger partial charge in [0.05, 0.1) is 6.10 Å². The number of carboxylic acids is 1. The Morgan fingerprint density at radius 2 is 1.90 bits per heavy atom. The third kappa shape index (κ3) is 4.04. The lowest BCUT2D eigenvalue weighted by molar-refractivity contribution is -0.143. The van der Waals surface area contributed by atoms with Crippen molar-refractivity contribution in [2.45, 2.75) is 44.8 Å². The van der Waals surface area contributed by atoms with E-state index in [4.69, 9.17) is 0 Å². The van der Waals surface area contributed by atoms with Crippen LogP contribution in [0.1, 0.15) is 42.9 Å². The highest BCUT2D eigenvalue weighted by Crippen LogP contribution is 2.25. The van der Waals surface area contributed by atoms with Gasteiger partial charge in [0.15, 0.2) is 6.04 Å². The van der Waals surface area contributed by atoms with Gasteiger partial charge in [-0.3, -0.25) is 4.79 Å². The van der Waals surface area contributed by atoms with E-state index in [0.29, 0.717) is 31.2 Å². The minimum Gasteiger partial charge on any atom is -0.479 e. The Balaban J connectivity index is 2.06. The van der Waals surface area contributed by atoms with E-state index < -0.39 is 12.0 Å². The molecule has 2 rings (SSSR count). The van der Waals surface area contributed by atoms with Crippen LogP contribution >= 0.6 is 0 Å². The zero-order chi connectivity index (χ0) is 15.4. The lowest BCUT2D eigenvalue weighted by Gasteiger charge is -2.26. The van der Waals surface area contributed by atoms with Crippen LogP contribution in [-0.4, -0.2) is 28.2 Å². The van der Waals surface area contributed by atoms with E-state index >= 15 is 0 Å². The summed E-state index contributed by atoms with van der Waals surface area (Å²) in [7, 11) is 0. The first-order chi connectivity index (χ1) is 9.97. The number of aryl methyl sites for hydroxylation is 1. The fourth-order valence-electron chi connectivity index (χ4n) is 2.74. The van der Waals surface area contributed by atoms with Crippen molar-refractivity contribution in [2.24, 2.45) is 5.92 Å². The standard InChI is InChI=1S/C16H21NO4/c1-10-3-2-4-12(9-10)14(16(20)21)17-15(19)11-5-7-13(18)8-6-11/h2-4,9,11,13-14,18H,5-8H2,1H3,(H,17,19)(H,20,21). The molecular weight excluding hydrogens is 270 g/mol. The van der Waals surface area contributed by atoms with E-state index in [1.54, 1.807) is 18.2 Å². The summed E-state index contributed by atoms with van der Waals surface area (Å²) < 4.78 is 0. The Morgan fingerprint density at radius 1 is 1.24 bits per heavy atom. The van der Waals surface area contributed by atoms with Crippen LogP contribution < -0.4 is 5.32 Å². The Kier molecular flexibility index (Phi) is 4.96. The lowest BCUT2D eigenvalue weighted by atomic mass is 9.86. The van der Waals surface area contributed by atoms with Gasteiger partial charge < -0.3 is 15.5 Å². The smallest absolute Gasteiger partial charge is 0.330 e. The molecule has 1 saturated carbocycles. The number of aliphatic carboxylic acids is 1. The molecule has 21 heavy (non-hydrogen) atoms. The van der Waals surface area contributed by atoms with Crippen LogP contribution in [-0.2, 0) is 9.59 Å². The highest BCUT2D eigenvalue weighted by molar-refractivity contribution is 5.85. The summed E-state index contributed by atoms with van der Waals surface area (Å²) in [5, 5.41) is 21.4. The highest BCUT2D eigenvalue weighted by atomic mass is 16.4. The van der Waals surface area contributed by atoms with Gasteiger partial charge in [0.1, 0.15) is 0 Å². The van der Waals surface area contributed by atoms with E-state index in [9.17, 15) is 19.8 Å². The van der Waals surface area contributed by atoms with E-state index in [-0.39, 0.29) is 17.9 Å². The zero-order valence-corrected chi connectivity index (χ0v) is 12.1. The molecule has 5 nitrogen and oxygen atoms in total. The van der Waals surface area contributed by atoms with Crippen molar-refractivity contribution in [3.63, 3.8) is 0 Å². The van der Waals surface area contributed by atoms with Crippen LogP contribution in [0.3, 0.4) is 0 Å². The number of hydrogen-bond donors (Lipinski definition) is 3. The second-order valence-electron chi connectivity index (χ2n) is 5.70. The molecule has 1 aliphatic carbocycles. The number of rotatable bonds is 4. The number of hydrogen-bond acceptors (Lipinski definition) is 3. The van der Waals surface area contributed by atoms with Crippen molar-refractivity contribution < 1.29 is 19.8 Å². The van der Waals surface area contributed by atoms with Gasteiger partial charge >= 0.3 is 5.97 Å². The molecule has 114 valence electrons. The summed E-state index contributed by atoms with van der Waals surface area (Å²) >= 11 is 0. The molecule has 0 aromatic heterocycles. The van der Waals surface area contributed by atoms with E-state index in [1.165, 1.54) is 0 Å². The Hall–Kier alpha value is -1.88. The molecule has 0 bridgehead atoms. The SMILES string of the molecule is Cc1cccc(C(NC(=O)C2CCC(O)CC2)C(=O)O)c1. The molecular formula is C16H21NO4. The van der Waals surface area contributed by atoms with Gasteiger partial charge in [-0.05, 0) is 38.2 Å². The van der Waals surface area contributed by atoms with Crippen LogP contribution in [0.4, 0.5) is 0 Å². The average molecular weight is 291 g/mol. The van der Waals surface area contributed by atoms with Crippen LogP contribution in [0.2, 0.25) is 0 Å². The van der Waals surface area contributed by atoms with Crippen LogP contribution in [0, 0.1) is 12.8 Å². The topological polar surface area (TPSA) is 86.6 Å². The summed E-state index contributed by atoms with van der Waals surface area (Å²) in [6, 6.07) is 6.11. The van der Waals surface area contributed by atoms with Crippen molar-refractivity contribution >= 4 is 11.9 Å². The monoisotopic (exact) mass is 291 g/mol. The van der Waals surface area contributed by atoms with Crippen molar-refractivity contribution in [3.8, 4) is 0 Å². The molecule has 0 spiro atoms. The third-order valence-corrected chi connectivity index (χ3v) is 3.98. The Morgan fingerprint density at radius 3 is 2.48 bits per heavy atom. The Labute approximate surface area is 124 Å². The van der Waals surface area contributed by atoms with Crippen molar-refractivity contribution in [1.29, 1.82) is 0 Å².